The molecule has 2 saturated heterocycles. The first-order valence-corrected chi connectivity index (χ1v) is 12.2. The molecule has 8 nitrogen and oxygen atoms in total. The Hall–Kier alpha value is -2.61. The van der Waals surface area contributed by atoms with Crippen LogP contribution < -0.4 is 10.1 Å². The van der Waals surface area contributed by atoms with Crippen LogP contribution in [0.25, 0.3) is 0 Å². The maximum atomic E-state index is 13.3. The van der Waals surface area contributed by atoms with Gasteiger partial charge in [-0.1, -0.05) is 6.92 Å². The molecule has 1 aromatic rings. The van der Waals surface area contributed by atoms with Gasteiger partial charge in [0.25, 0.3) is 5.91 Å². The predicted molar refractivity (Wildman–Crippen MR) is 124 cm³/mol. The molecule has 1 aromatic carbocycles. The normalized spacial score (nSPS) is 25.3. The molecule has 3 heterocycles. The quantitative estimate of drug-likeness (QED) is 0.734. The van der Waals surface area contributed by atoms with E-state index >= 15 is 0 Å². The number of carbonyl (C=O) groups excluding carboxylic acids is 3. The lowest BCUT2D eigenvalue weighted by atomic mass is 9.94. The molecule has 2 fully saturated rings. The van der Waals surface area contributed by atoms with E-state index in [9.17, 15) is 14.4 Å². The fourth-order valence-corrected chi connectivity index (χ4v) is 5.02. The van der Waals surface area contributed by atoms with Crippen LogP contribution in [-0.4, -0.2) is 72.5 Å². The largest absolute Gasteiger partial charge is 0.490 e. The highest BCUT2D eigenvalue weighted by Gasteiger charge is 2.39. The summed E-state index contributed by atoms with van der Waals surface area (Å²) in [5, 5.41) is 2.85. The third kappa shape index (κ3) is 5.49. The number of carbonyl (C=O) groups is 3. The van der Waals surface area contributed by atoms with Crippen molar-refractivity contribution in [2.45, 2.75) is 76.5 Å². The van der Waals surface area contributed by atoms with E-state index in [4.69, 9.17) is 9.47 Å². The fraction of sp³-hybridized carbons (Fsp3) is 0.640. The summed E-state index contributed by atoms with van der Waals surface area (Å²) in [6.07, 6.45) is 5.98. The summed E-state index contributed by atoms with van der Waals surface area (Å²) in [6, 6.07) is 5.04. The number of nitrogens with one attached hydrogen (secondary N) is 1. The van der Waals surface area contributed by atoms with Crippen LogP contribution in [0.1, 0.15) is 68.6 Å². The first-order valence-electron chi connectivity index (χ1n) is 12.2. The average molecular weight is 458 g/mol. The Kier molecular flexibility index (Phi) is 7.53. The molecule has 0 bridgehead atoms. The van der Waals surface area contributed by atoms with Crippen LogP contribution in [0.2, 0.25) is 0 Å². The van der Waals surface area contributed by atoms with Gasteiger partial charge in [-0.25, -0.2) is 0 Å². The Labute approximate surface area is 195 Å². The van der Waals surface area contributed by atoms with Crippen molar-refractivity contribution in [1.82, 2.24) is 9.80 Å². The van der Waals surface area contributed by atoms with Crippen molar-refractivity contribution in [3.63, 3.8) is 0 Å². The molecular formula is C25H35N3O5. The number of rotatable bonds is 5. The molecule has 3 atom stereocenters. The summed E-state index contributed by atoms with van der Waals surface area (Å²) in [4.78, 5) is 41.6. The molecule has 33 heavy (non-hydrogen) atoms. The van der Waals surface area contributed by atoms with E-state index in [0.717, 1.165) is 45.2 Å². The number of piperidine rings is 1. The minimum absolute atomic E-state index is 0.0732. The van der Waals surface area contributed by atoms with Gasteiger partial charge >= 0.3 is 0 Å². The van der Waals surface area contributed by atoms with E-state index in [1.54, 1.807) is 30.1 Å². The SMILES string of the molecule is CCCC(=O)Nc1ccc2c(c1)C(=O)N(C)[C@@H]1CC[C@H](CC(=O)N3CCCCC3)O[C@@H]1CO2. The van der Waals surface area contributed by atoms with Crippen LogP contribution in [-0.2, 0) is 14.3 Å². The van der Waals surface area contributed by atoms with E-state index in [-0.39, 0.29) is 36.0 Å². The minimum atomic E-state index is -0.288. The molecule has 8 heteroatoms. The second kappa shape index (κ2) is 10.5. The second-order valence-electron chi connectivity index (χ2n) is 9.32. The number of anilines is 1. The first kappa shape index (κ1) is 23.5. The minimum Gasteiger partial charge on any atom is -0.490 e. The molecule has 0 aromatic heterocycles. The van der Waals surface area contributed by atoms with Crippen molar-refractivity contribution in [1.29, 1.82) is 0 Å². The molecule has 4 rings (SSSR count). The van der Waals surface area contributed by atoms with Crippen LogP contribution in [0.4, 0.5) is 5.69 Å². The number of ether oxygens (including phenoxy) is 2. The molecule has 0 unspecified atom stereocenters. The van der Waals surface area contributed by atoms with E-state index in [1.165, 1.54) is 6.42 Å². The lowest BCUT2D eigenvalue weighted by molar-refractivity contribution is -0.143. The van der Waals surface area contributed by atoms with Gasteiger partial charge in [-0.2, -0.15) is 0 Å². The summed E-state index contributed by atoms with van der Waals surface area (Å²) < 4.78 is 12.3. The summed E-state index contributed by atoms with van der Waals surface area (Å²) >= 11 is 0. The Morgan fingerprint density at radius 1 is 1.15 bits per heavy atom. The van der Waals surface area contributed by atoms with Gasteiger partial charge in [-0.05, 0) is 56.7 Å². The lowest BCUT2D eigenvalue weighted by Crippen LogP contribution is -2.54. The molecule has 1 N–H and O–H groups in total. The number of amides is 3. The van der Waals surface area contributed by atoms with Gasteiger partial charge in [0.15, 0.2) is 0 Å². The van der Waals surface area contributed by atoms with Crippen molar-refractivity contribution in [2.75, 3.05) is 32.1 Å². The number of hydrogen-bond acceptors (Lipinski definition) is 5. The maximum Gasteiger partial charge on any atom is 0.257 e. The van der Waals surface area contributed by atoms with Crippen LogP contribution in [0.3, 0.4) is 0 Å². The molecule has 0 radical (unpaired) electrons. The van der Waals surface area contributed by atoms with Gasteiger partial charge in [-0.3, -0.25) is 14.4 Å². The Balaban J connectivity index is 1.43. The highest BCUT2D eigenvalue weighted by molar-refractivity contribution is 5.99. The Bertz CT molecular complexity index is 883. The van der Waals surface area contributed by atoms with Crippen molar-refractivity contribution in [3.8, 4) is 5.75 Å². The summed E-state index contributed by atoms with van der Waals surface area (Å²) in [5.41, 5.74) is 1.03. The predicted octanol–water partition coefficient (Wildman–Crippen LogP) is 3.21. The molecule has 0 aliphatic carbocycles. The van der Waals surface area contributed by atoms with Crippen molar-refractivity contribution in [2.24, 2.45) is 0 Å². The van der Waals surface area contributed by atoms with E-state index in [1.807, 2.05) is 11.8 Å². The lowest BCUT2D eigenvalue weighted by Gasteiger charge is -2.42. The number of fused-ring (bicyclic) bond motifs is 2. The second-order valence-corrected chi connectivity index (χ2v) is 9.32. The van der Waals surface area contributed by atoms with Crippen molar-refractivity contribution >= 4 is 23.4 Å². The number of nitrogens with zero attached hydrogens (tertiary/aromatic N) is 2. The third-order valence-corrected chi connectivity index (χ3v) is 6.88. The Morgan fingerprint density at radius 2 is 1.94 bits per heavy atom. The van der Waals surface area contributed by atoms with Gasteiger partial charge in [0, 0.05) is 32.2 Å². The van der Waals surface area contributed by atoms with Crippen LogP contribution in [0.5, 0.6) is 5.75 Å². The number of hydrogen-bond donors (Lipinski definition) is 1. The number of likely N-dealkylation sites (N-methyl/N-ethyl adjacent to an activating group) is 1. The standard InChI is InChI=1S/C25H35N3O5/c1-3-7-23(29)26-17-8-11-21-19(14-17)25(31)27(2)20-10-9-18(33-22(20)16-32-21)15-24(30)28-12-5-4-6-13-28/h8,11,14,18,20,22H,3-7,9-10,12-13,15-16H2,1-2H3,(H,26,29)/t18-,20-,22-/m1/s1. The molecule has 3 aliphatic heterocycles. The topological polar surface area (TPSA) is 88.2 Å². The van der Waals surface area contributed by atoms with Crippen LogP contribution in [0, 0.1) is 0 Å². The number of likely N-dealkylation sites (tertiary alicyclic amines) is 1. The molecule has 0 spiro atoms. The highest BCUT2D eigenvalue weighted by atomic mass is 16.5. The molecule has 180 valence electrons. The van der Waals surface area contributed by atoms with Crippen molar-refractivity contribution < 1.29 is 23.9 Å². The molecule has 3 aliphatic rings. The van der Waals surface area contributed by atoms with E-state index in [0.29, 0.717) is 36.4 Å². The monoisotopic (exact) mass is 457 g/mol. The Morgan fingerprint density at radius 3 is 2.70 bits per heavy atom. The first-order chi connectivity index (χ1) is 16.0. The molecule has 3 amide bonds. The summed E-state index contributed by atoms with van der Waals surface area (Å²) in [7, 11) is 1.79. The molecular weight excluding hydrogens is 422 g/mol. The van der Waals surface area contributed by atoms with Gasteiger partial charge in [0.1, 0.15) is 18.5 Å². The summed E-state index contributed by atoms with van der Waals surface area (Å²) in [6.45, 7) is 3.94. The van der Waals surface area contributed by atoms with E-state index < -0.39 is 0 Å². The van der Waals surface area contributed by atoms with Crippen molar-refractivity contribution in [3.05, 3.63) is 23.8 Å². The van der Waals surface area contributed by atoms with Gasteiger partial charge < -0.3 is 24.6 Å². The van der Waals surface area contributed by atoms with Crippen LogP contribution in [0.15, 0.2) is 18.2 Å². The zero-order valence-electron chi connectivity index (χ0n) is 19.7. The summed E-state index contributed by atoms with van der Waals surface area (Å²) in [5.74, 6) is 0.417. The fourth-order valence-electron chi connectivity index (χ4n) is 5.02. The maximum absolute atomic E-state index is 13.3. The van der Waals surface area contributed by atoms with Gasteiger partial charge in [-0.15, -0.1) is 0 Å². The smallest absolute Gasteiger partial charge is 0.257 e. The van der Waals surface area contributed by atoms with E-state index in [2.05, 4.69) is 5.32 Å². The third-order valence-electron chi connectivity index (χ3n) is 6.88. The molecule has 0 saturated carbocycles. The zero-order valence-corrected chi connectivity index (χ0v) is 19.7. The average Bonchev–Trinajstić information content (AvgIpc) is 2.82. The van der Waals surface area contributed by atoms with Gasteiger partial charge in [0.05, 0.1) is 24.1 Å². The zero-order chi connectivity index (χ0) is 23.4. The number of benzene rings is 1. The van der Waals surface area contributed by atoms with Crippen LogP contribution >= 0.6 is 0 Å². The highest BCUT2D eigenvalue weighted by Crippen LogP contribution is 2.32. The van der Waals surface area contributed by atoms with Gasteiger partial charge in [0.2, 0.25) is 11.8 Å².